The van der Waals surface area contributed by atoms with E-state index >= 15 is 0 Å². The number of benzene rings is 2. The molecule has 2 aromatic carbocycles. The molecule has 1 aliphatic rings. The van der Waals surface area contributed by atoms with Crippen molar-refractivity contribution >= 4 is 68.9 Å². The first-order valence-corrected chi connectivity index (χ1v) is 9.79. The zero-order chi connectivity index (χ0) is 18.7. The van der Waals surface area contributed by atoms with Crippen molar-refractivity contribution in [2.75, 3.05) is 6.61 Å². The van der Waals surface area contributed by atoms with Crippen LogP contribution in [-0.4, -0.2) is 24.3 Å². The van der Waals surface area contributed by atoms with E-state index in [4.69, 9.17) is 9.47 Å². The number of carbonyl (C=O) groups is 2. The van der Waals surface area contributed by atoms with Crippen molar-refractivity contribution in [3.63, 3.8) is 0 Å². The Balaban J connectivity index is 1.77. The van der Waals surface area contributed by atoms with Gasteiger partial charge in [0.15, 0.2) is 24.0 Å². The molecule has 1 heterocycles. The van der Waals surface area contributed by atoms with Gasteiger partial charge in [0, 0.05) is 12.5 Å². The van der Waals surface area contributed by atoms with Crippen LogP contribution in [0.1, 0.15) is 22.8 Å². The predicted octanol–water partition coefficient (Wildman–Crippen LogP) is 4.47. The second-order valence-electron chi connectivity index (χ2n) is 5.44. The lowest BCUT2D eigenvalue weighted by Crippen LogP contribution is -2.12. The third-order valence-corrected chi connectivity index (χ3v) is 5.10. The first-order chi connectivity index (χ1) is 12.4. The molecular formula is C19H13I2NO4. The molecule has 0 aliphatic carbocycles. The molecule has 0 radical (unpaired) electrons. The fourth-order valence-corrected chi connectivity index (χ4v) is 4.45. The zero-order valence-corrected chi connectivity index (χ0v) is 18.0. The van der Waals surface area contributed by atoms with Crippen LogP contribution < -0.4 is 4.74 Å². The third kappa shape index (κ3) is 4.50. The number of nitrogens with zero attached hydrogens (tertiary/aromatic N) is 1. The number of halogens is 2. The molecule has 0 N–H and O–H groups in total. The minimum atomic E-state index is -0.457. The first-order valence-electron chi connectivity index (χ1n) is 7.63. The molecule has 0 saturated carbocycles. The summed E-state index contributed by atoms with van der Waals surface area (Å²) in [4.78, 5) is 27.9. The molecule has 7 heteroatoms. The molecule has 132 valence electrons. The number of rotatable bonds is 5. The summed E-state index contributed by atoms with van der Waals surface area (Å²) in [7, 11) is 0. The molecule has 0 amide bonds. The lowest BCUT2D eigenvalue weighted by atomic mass is 10.1. The van der Waals surface area contributed by atoms with E-state index in [1.807, 2.05) is 30.3 Å². The van der Waals surface area contributed by atoms with Crippen LogP contribution in [0, 0.1) is 7.14 Å². The monoisotopic (exact) mass is 573 g/mol. The maximum Gasteiger partial charge on any atom is 0.363 e. The molecule has 0 atom stereocenters. The Bertz CT molecular complexity index is 913. The molecule has 26 heavy (non-hydrogen) atoms. The number of esters is 1. The zero-order valence-electron chi connectivity index (χ0n) is 13.7. The van der Waals surface area contributed by atoms with Crippen molar-refractivity contribution in [1.29, 1.82) is 0 Å². The van der Waals surface area contributed by atoms with E-state index in [0.29, 0.717) is 17.2 Å². The molecule has 0 unspecified atom stereocenters. The van der Waals surface area contributed by atoms with Crippen LogP contribution in [0.4, 0.5) is 0 Å². The van der Waals surface area contributed by atoms with Crippen molar-refractivity contribution in [3.05, 3.63) is 66.4 Å². The predicted molar refractivity (Wildman–Crippen MR) is 115 cm³/mol. The SMILES string of the molecule is CC1=NC(=Cc2cc(I)c(OCC(=O)c3ccccc3)c(I)c2)C(=O)O1. The van der Waals surface area contributed by atoms with Crippen LogP contribution >= 0.6 is 45.2 Å². The molecule has 0 bridgehead atoms. The van der Waals surface area contributed by atoms with Gasteiger partial charge in [-0.3, -0.25) is 4.79 Å². The third-order valence-electron chi connectivity index (χ3n) is 3.49. The van der Waals surface area contributed by atoms with Crippen molar-refractivity contribution in [2.45, 2.75) is 6.92 Å². The van der Waals surface area contributed by atoms with Crippen LogP contribution in [0.15, 0.2) is 53.2 Å². The summed E-state index contributed by atoms with van der Waals surface area (Å²) in [5.74, 6) is 0.444. The van der Waals surface area contributed by atoms with E-state index in [1.54, 1.807) is 25.1 Å². The Morgan fingerprint density at radius 2 is 1.85 bits per heavy atom. The normalized spacial score (nSPS) is 15.0. The van der Waals surface area contributed by atoms with Crippen LogP contribution in [0.3, 0.4) is 0 Å². The Hall–Kier alpha value is -1.75. The van der Waals surface area contributed by atoms with Gasteiger partial charge in [-0.25, -0.2) is 9.79 Å². The van der Waals surface area contributed by atoms with Crippen LogP contribution in [-0.2, 0) is 9.53 Å². The quantitative estimate of drug-likeness (QED) is 0.229. The van der Waals surface area contributed by atoms with Crippen molar-refractivity contribution in [3.8, 4) is 5.75 Å². The Morgan fingerprint density at radius 1 is 1.19 bits per heavy atom. The largest absolute Gasteiger partial charge is 0.483 e. The second-order valence-corrected chi connectivity index (χ2v) is 7.77. The first kappa shape index (κ1) is 19.0. The number of hydrogen-bond donors (Lipinski definition) is 0. The molecule has 3 rings (SSSR count). The minimum absolute atomic E-state index is 0.0354. The number of cyclic esters (lactones) is 1. The van der Waals surface area contributed by atoms with Crippen molar-refractivity contribution in [1.82, 2.24) is 0 Å². The molecule has 0 spiro atoms. The molecule has 0 aromatic heterocycles. The number of carbonyl (C=O) groups excluding carboxylic acids is 2. The molecule has 1 aliphatic heterocycles. The van der Waals surface area contributed by atoms with Gasteiger partial charge < -0.3 is 9.47 Å². The molecular weight excluding hydrogens is 560 g/mol. The highest BCUT2D eigenvalue weighted by Gasteiger charge is 2.20. The van der Waals surface area contributed by atoms with E-state index < -0.39 is 5.97 Å². The van der Waals surface area contributed by atoms with Gasteiger partial charge in [-0.1, -0.05) is 30.3 Å². The van der Waals surface area contributed by atoms with Crippen LogP contribution in [0.5, 0.6) is 5.75 Å². The highest BCUT2D eigenvalue weighted by Crippen LogP contribution is 2.30. The fourth-order valence-electron chi connectivity index (χ4n) is 2.32. The lowest BCUT2D eigenvalue weighted by molar-refractivity contribution is -0.130. The molecule has 5 nitrogen and oxygen atoms in total. The highest BCUT2D eigenvalue weighted by atomic mass is 127. The van der Waals surface area contributed by atoms with Gasteiger partial charge in [-0.05, 0) is 69.0 Å². The molecule has 0 fully saturated rings. The van der Waals surface area contributed by atoms with Gasteiger partial charge in [-0.15, -0.1) is 0 Å². The summed E-state index contributed by atoms with van der Waals surface area (Å²) in [5, 5.41) is 0. The maximum absolute atomic E-state index is 12.2. The van der Waals surface area contributed by atoms with E-state index in [0.717, 1.165) is 12.7 Å². The number of hydrogen-bond acceptors (Lipinski definition) is 5. The second kappa shape index (κ2) is 8.30. The summed E-state index contributed by atoms with van der Waals surface area (Å²) in [6.45, 7) is 1.60. The van der Waals surface area contributed by atoms with Crippen LogP contribution in [0.2, 0.25) is 0 Å². The molecule has 0 saturated heterocycles. The Kier molecular flexibility index (Phi) is 6.07. The van der Waals surface area contributed by atoms with Gasteiger partial charge in [0.1, 0.15) is 5.75 Å². The summed E-state index contributed by atoms with van der Waals surface area (Å²) in [5.41, 5.74) is 1.69. The topological polar surface area (TPSA) is 65.0 Å². The number of ether oxygens (including phenoxy) is 2. The average molecular weight is 573 g/mol. The van der Waals surface area contributed by atoms with Crippen molar-refractivity contribution < 1.29 is 19.1 Å². The average Bonchev–Trinajstić information content (AvgIpc) is 2.92. The maximum atomic E-state index is 12.2. The van der Waals surface area contributed by atoms with E-state index in [-0.39, 0.29) is 18.1 Å². The van der Waals surface area contributed by atoms with Gasteiger partial charge in [0.05, 0.1) is 7.14 Å². The number of Topliss-reactive ketones (excluding diaryl/α,β-unsaturated/α-hetero) is 1. The Labute approximate surface area is 177 Å². The lowest BCUT2D eigenvalue weighted by Gasteiger charge is -2.11. The molecule has 2 aromatic rings. The standard InChI is InChI=1S/C19H13I2NO4/c1-11-22-16(19(24)26-11)9-12-7-14(20)18(15(21)8-12)25-10-17(23)13-5-3-2-4-6-13/h2-9H,10H2,1H3. The number of ketones is 1. The smallest absolute Gasteiger partial charge is 0.363 e. The highest BCUT2D eigenvalue weighted by molar-refractivity contribution is 14.1. The Morgan fingerprint density at radius 3 is 2.42 bits per heavy atom. The summed E-state index contributed by atoms with van der Waals surface area (Å²) >= 11 is 4.29. The van der Waals surface area contributed by atoms with E-state index in [1.165, 1.54) is 0 Å². The summed E-state index contributed by atoms with van der Waals surface area (Å²) < 4.78 is 12.3. The van der Waals surface area contributed by atoms with E-state index in [9.17, 15) is 9.59 Å². The number of aliphatic imine (C=N–C) groups is 1. The van der Waals surface area contributed by atoms with Gasteiger partial charge >= 0.3 is 5.97 Å². The van der Waals surface area contributed by atoms with Gasteiger partial charge in [0.25, 0.3) is 0 Å². The van der Waals surface area contributed by atoms with Crippen molar-refractivity contribution in [2.24, 2.45) is 4.99 Å². The summed E-state index contributed by atoms with van der Waals surface area (Å²) in [6, 6.07) is 12.8. The van der Waals surface area contributed by atoms with Gasteiger partial charge in [-0.2, -0.15) is 0 Å². The van der Waals surface area contributed by atoms with Crippen LogP contribution in [0.25, 0.3) is 6.08 Å². The van der Waals surface area contributed by atoms with Gasteiger partial charge in [0.2, 0.25) is 0 Å². The fraction of sp³-hybridized carbons (Fsp3) is 0.105. The van der Waals surface area contributed by atoms with E-state index in [2.05, 4.69) is 50.2 Å². The minimum Gasteiger partial charge on any atom is -0.483 e. The summed E-state index contributed by atoms with van der Waals surface area (Å²) in [6.07, 6.45) is 1.67.